The minimum atomic E-state index is -0.0259. The van der Waals surface area contributed by atoms with Crippen LogP contribution < -0.4 is 0 Å². The van der Waals surface area contributed by atoms with Crippen molar-refractivity contribution in [2.75, 3.05) is 19.8 Å². The van der Waals surface area contributed by atoms with Crippen LogP contribution in [0.4, 0.5) is 0 Å². The molecule has 4 heteroatoms. The van der Waals surface area contributed by atoms with Crippen molar-refractivity contribution in [2.45, 2.75) is 57.7 Å². The number of hydrogen-bond acceptors (Lipinski definition) is 4. The molecule has 1 saturated carbocycles. The molecule has 0 spiro atoms. The summed E-state index contributed by atoms with van der Waals surface area (Å²) in [5.41, 5.74) is 0. The average Bonchev–Trinajstić information content (AvgIpc) is 2.41. The lowest BCUT2D eigenvalue weighted by Gasteiger charge is -2.32. The molecule has 0 N–H and O–H groups in total. The average molecular weight is 256 g/mol. The minimum Gasteiger partial charge on any atom is -0.466 e. The zero-order valence-corrected chi connectivity index (χ0v) is 11.2. The van der Waals surface area contributed by atoms with Crippen molar-refractivity contribution < 1.29 is 19.0 Å². The molecule has 1 saturated heterocycles. The molecule has 0 aromatic rings. The van der Waals surface area contributed by atoms with E-state index in [1.54, 1.807) is 0 Å². The number of rotatable bonds is 4. The number of hydrogen-bond donors (Lipinski definition) is 0. The van der Waals surface area contributed by atoms with Crippen molar-refractivity contribution in [1.29, 1.82) is 0 Å². The van der Waals surface area contributed by atoms with Crippen LogP contribution in [0, 0.1) is 5.92 Å². The first-order chi connectivity index (χ1) is 8.79. The molecule has 0 bridgehead atoms. The van der Waals surface area contributed by atoms with E-state index < -0.39 is 0 Å². The molecule has 104 valence electrons. The molecule has 1 aliphatic carbocycles. The standard InChI is InChI=1S/C14H24O4/c1-2-17-14(15)11-3-5-12(6-4-11)18-13-7-9-16-10-8-13/h11-13H,2-10H2,1H3. The van der Waals surface area contributed by atoms with Gasteiger partial charge in [-0.1, -0.05) is 0 Å². The van der Waals surface area contributed by atoms with Crippen molar-refractivity contribution in [1.82, 2.24) is 0 Å². The molecule has 2 fully saturated rings. The third-order valence-corrected chi connectivity index (χ3v) is 3.85. The molecule has 2 rings (SSSR count). The van der Waals surface area contributed by atoms with Crippen molar-refractivity contribution in [3.05, 3.63) is 0 Å². The summed E-state index contributed by atoms with van der Waals surface area (Å²) >= 11 is 0. The van der Waals surface area contributed by atoms with Crippen LogP contribution in [0.5, 0.6) is 0 Å². The minimum absolute atomic E-state index is 0.0259. The normalized spacial score (nSPS) is 30.1. The van der Waals surface area contributed by atoms with Gasteiger partial charge in [0.15, 0.2) is 0 Å². The molecule has 2 aliphatic rings. The first-order valence-electron chi connectivity index (χ1n) is 7.19. The predicted molar refractivity (Wildman–Crippen MR) is 67.3 cm³/mol. The first kappa shape index (κ1) is 13.8. The van der Waals surface area contributed by atoms with E-state index in [0.717, 1.165) is 51.7 Å². The molecular formula is C14H24O4. The monoisotopic (exact) mass is 256 g/mol. The quantitative estimate of drug-likeness (QED) is 0.724. The van der Waals surface area contributed by atoms with Crippen molar-refractivity contribution >= 4 is 5.97 Å². The molecule has 0 aromatic heterocycles. The van der Waals surface area contributed by atoms with Gasteiger partial charge >= 0.3 is 5.97 Å². The van der Waals surface area contributed by atoms with Gasteiger partial charge in [-0.25, -0.2) is 0 Å². The van der Waals surface area contributed by atoms with E-state index in [4.69, 9.17) is 14.2 Å². The largest absolute Gasteiger partial charge is 0.466 e. The summed E-state index contributed by atoms with van der Waals surface area (Å²) in [5, 5.41) is 0. The predicted octanol–water partition coefficient (Wildman–Crippen LogP) is 2.30. The Bertz CT molecular complexity index is 253. The van der Waals surface area contributed by atoms with Crippen molar-refractivity contribution in [3.63, 3.8) is 0 Å². The fourth-order valence-corrected chi connectivity index (χ4v) is 2.78. The highest BCUT2D eigenvalue weighted by molar-refractivity contribution is 5.72. The van der Waals surface area contributed by atoms with Gasteiger partial charge in [0.2, 0.25) is 0 Å². The Labute approximate surface area is 109 Å². The maximum Gasteiger partial charge on any atom is 0.308 e. The summed E-state index contributed by atoms with van der Waals surface area (Å²) < 4.78 is 16.5. The lowest BCUT2D eigenvalue weighted by molar-refractivity contribution is -0.151. The van der Waals surface area contributed by atoms with E-state index in [9.17, 15) is 4.79 Å². The zero-order chi connectivity index (χ0) is 12.8. The fourth-order valence-electron chi connectivity index (χ4n) is 2.78. The van der Waals surface area contributed by atoms with Crippen LogP contribution in [0.3, 0.4) is 0 Å². The summed E-state index contributed by atoms with van der Waals surface area (Å²) in [6.45, 7) is 3.99. The molecule has 1 heterocycles. The highest BCUT2D eigenvalue weighted by Gasteiger charge is 2.29. The number of ether oxygens (including phenoxy) is 3. The summed E-state index contributed by atoms with van der Waals surface area (Å²) in [5.74, 6) is 0.0708. The third kappa shape index (κ3) is 3.95. The van der Waals surface area contributed by atoms with Gasteiger partial charge in [0.05, 0.1) is 24.7 Å². The van der Waals surface area contributed by atoms with Crippen LogP contribution in [0.25, 0.3) is 0 Å². The highest BCUT2D eigenvalue weighted by Crippen LogP contribution is 2.29. The van der Waals surface area contributed by atoms with E-state index in [1.165, 1.54) is 0 Å². The van der Waals surface area contributed by atoms with Gasteiger partial charge in [-0.3, -0.25) is 4.79 Å². The van der Waals surface area contributed by atoms with E-state index >= 15 is 0 Å². The van der Waals surface area contributed by atoms with Gasteiger partial charge in [0.1, 0.15) is 0 Å². The summed E-state index contributed by atoms with van der Waals surface area (Å²) in [7, 11) is 0. The molecule has 0 atom stereocenters. The number of carbonyl (C=O) groups excluding carboxylic acids is 1. The molecule has 4 nitrogen and oxygen atoms in total. The Balaban J connectivity index is 1.68. The van der Waals surface area contributed by atoms with Gasteiger partial charge in [0.25, 0.3) is 0 Å². The van der Waals surface area contributed by atoms with Gasteiger partial charge in [0, 0.05) is 13.2 Å². The second-order valence-electron chi connectivity index (χ2n) is 5.17. The number of carbonyl (C=O) groups is 1. The van der Waals surface area contributed by atoms with E-state index in [0.29, 0.717) is 18.8 Å². The van der Waals surface area contributed by atoms with Crippen LogP contribution in [0.2, 0.25) is 0 Å². The second kappa shape index (κ2) is 7.10. The first-order valence-corrected chi connectivity index (χ1v) is 7.19. The molecular weight excluding hydrogens is 232 g/mol. The van der Waals surface area contributed by atoms with Crippen molar-refractivity contribution in [3.8, 4) is 0 Å². The highest BCUT2D eigenvalue weighted by atomic mass is 16.5. The molecule has 0 amide bonds. The Morgan fingerprint density at radius 2 is 1.67 bits per heavy atom. The van der Waals surface area contributed by atoms with Crippen LogP contribution >= 0.6 is 0 Å². The molecule has 0 aromatic carbocycles. The van der Waals surface area contributed by atoms with Crippen LogP contribution in [-0.2, 0) is 19.0 Å². The molecule has 1 aliphatic heterocycles. The molecule has 0 radical (unpaired) electrons. The summed E-state index contributed by atoms with van der Waals surface area (Å²) in [6, 6.07) is 0. The Morgan fingerprint density at radius 3 is 2.28 bits per heavy atom. The van der Waals surface area contributed by atoms with Crippen LogP contribution in [0.15, 0.2) is 0 Å². The van der Waals surface area contributed by atoms with Gasteiger partial charge < -0.3 is 14.2 Å². The topological polar surface area (TPSA) is 44.8 Å². The van der Waals surface area contributed by atoms with Crippen molar-refractivity contribution in [2.24, 2.45) is 5.92 Å². The number of esters is 1. The fraction of sp³-hybridized carbons (Fsp3) is 0.929. The smallest absolute Gasteiger partial charge is 0.308 e. The molecule has 0 unspecified atom stereocenters. The second-order valence-corrected chi connectivity index (χ2v) is 5.17. The van der Waals surface area contributed by atoms with Crippen LogP contribution in [-0.4, -0.2) is 38.0 Å². The Kier molecular flexibility index (Phi) is 5.45. The molecule has 18 heavy (non-hydrogen) atoms. The lowest BCUT2D eigenvalue weighted by atomic mass is 9.87. The maximum atomic E-state index is 11.6. The zero-order valence-electron chi connectivity index (χ0n) is 11.2. The van der Waals surface area contributed by atoms with E-state index in [1.807, 2.05) is 6.92 Å². The van der Waals surface area contributed by atoms with Gasteiger partial charge in [-0.2, -0.15) is 0 Å². The lowest BCUT2D eigenvalue weighted by Crippen LogP contribution is -2.32. The summed E-state index contributed by atoms with van der Waals surface area (Å²) in [4.78, 5) is 11.6. The Morgan fingerprint density at radius 1 is 1.06 bits per heavy atom. The van der Waals surface area contributed by atoms with E-state index in [-0.39, 0.29) is 11.9 Å². The van der Waals surface area contributed by atoms with Crippen LogP contribution in [0.1, 0.15) is 45.4 Å². The Hall–Kier alpha value is -0.610. The summed E-state index contributed by atoms with van der Waals surface area (Å²) in [6.07, 6.45) is 6.51. The van der Waals surface area contributed by atoms with E-state index in [2.05, 4.69) is 0 Å². The third-order valence-electron chi connectivity index (χ3n) is 3.85. The SMILES string of the molecule is CCOC(=O)C1CCC(OC2CCOCC2)CC1. The maximum absolute atomic E-state index is 11.6. The van der Waals surface area contributed by atoms with Gasteiger partial charge in [-0.15, -0.1) is 0 Å². The van der Waals surface area contributed by atoms with Gasteiger partial charge in [-0.05, 0) is 45.4 Å².